The lowest BCUT2D eigenvalue weighted by molar-refractivity contribution is -0.135. The molecule has 2 rings (SSSR count). The van der Waals surface area contributed by atoms with Gasteiger partial charge in [0.2, 0.25) is 11.8 Å². The Kier molecular flexibility index (Phi) is 8.60. The van der Waals surface area contributed by atoms with E-state index < -0.39 is 11.9 Å². The van der Waals surface area contributed by atoms with Crippen LogP contribution >= 0.6 is 0 Å². The van der Waals surface area contributed by atoms with Crippen LogP contribution in [0.4, 0.5) is 5.69 Å². The van der Waals surface area contributed by atoms with Gasteiger partial charge in [-0.05, 0) is 44.5 Å². The molecule has 1 atom stereocenters. The van der Waals surface area contributed by atoms with Crippen LogP contribution in [-0.2, 0) is 9.59 Å². The van der Waals surface area contributed by atoms with Crippen molar-refractivity contribution in [2.24, 2.45) is 0 Å². The first-order valence-electron chi connectivity index (χ1n) is 9.99. The summed E-state index contributed by atoms with van der Waals surface area (Å²) in [7, 11) is 3.14. The quantitative estimate of drug-likeness (QED) is 0.328. The zero-order chi connectivity index (χ0) is 22.1. The summed E-state index contributed by atoms with van der Waals surface area (Å²) in [6.45, 7) is 1.62. The first kappa shape index (κ1) is 23.1. The normalized spacial score (nSPS) is 14.1. The van der Waals surface area contributed by atoms with Crippen molar-refractivity contribution in [2.75, 3.05) is 46.0 Å². The van der Waals surface area contributed by atoms with E-state index >= 15 is 0 Å². The zero-order valence-corrected chi connectivity index (χ0v) is 17.4. The van der Waals surface area contributed by atoms with E-state index in [0.717, 1.165) is 12.8 Å². The Morgan fingerprint density at radius 3 is 2.27 bits per heavy atom. The van der Waals surface area contributed by atoms with E-state index in [1.807, 2.05) is 0 Å². The molecule has 0 aromatic heterocycles. The minimum absolute atomic E-state index is 0.0989. The molecule has 0 saturated carbocycles. The van der Waals surface area contributed by atoms with Crippen molar-refractivity contribution in [3.05, 3.63) is 29.3 Å². The number of carbonyl (C=O) groups is 4. The summed E-state index contributed by atoms with van der Waals surface area (Å²) in [4.78, 5) is 50.8. The average molecular weight is 418 g/mol. The van der Waals surface area contributed by atoms with E-state index in [1.54, 1.807) is 11.9 Å². The van der Waals surface area contributed by atoms with E-state index in [4.69, 9.17) is 5.73 Å². The monoisotopic (exact) mass is 418 g/mol. The Bertz CT molecular complexity index is 792. The highest BCUT2D eigenvalue weighted by Crippen LogP contribution is 2.13. The number of benzene rings is 1. The molecule has 1 aromatic carbocycles. The molecular formula is C20H30N6O4. The summed E-state index contributed by atoms with van der Waals surface area (Å²) < 4.78 is 0. The fourth-order valence-electron chi connectivity index (χ4n) is 3.31. The summed E-state index contributed by atoms with van der Waals surface area (Å²) in [6, 6.07) is 3.69. The van der Waals surface area contributed by atoms with Crippen LogP contribution in [0.5, 0.6) is 0 Å². The van der Waals surface area contributed by atoms with Crippen molar-refractivity contribution < 1.29 is 19.2 Å². The molecule has 0 unspecified atom stereocenters. The van der Waals surface area contributed by atoms with Gasteiger partial charge in [0.05, 0.1) is 6.54 Å². The van der Waals surface area contributed by atoms with Crippen LogP contribution in [-0.4, -0.2) is 74.8 Å². The van der Waals surface area contributed by atoms with Gasteiger partial charge < -0.3 is 31.9 Å². The first-order valence-corrected chi connectivity index (χ1v) is 9.99. The van der Waals surface area contributed by atoms with Gasteiger partial charge in [0.1, 0.15) is 6.04 Å². The maximum Gasteiger partial charge on any atom is 0.251 e. The molecule has 10 nitrogen and oxygen atoms in total. The fraction of sp³-hybridized carbons (Fsp3) is 0.500. The third-order valence-corrected chi connectivity index (χ3v) is 4.81. The average Bonchev–Trinajstić information content (AvgIpc) is 3.26. The molecule has 1 aliphatic heterocycles. The summed E-state index contributed by atoms with van der Waals surface area (Å²) in [6.07, 6.45) is 2.15. The van der Waals surface area contributed by atoms with Crippen LogP contribution in [0.25, 0.3) is 0 Å². The number of anilines is 1. The van der Waals surface area contributed by atoms with Crippen LogP contribution in [0, 0.1) is 0 Å². The minimum Gasteiger partial charge on any atom is -0.399 e. The molecule has 0 aliphatic carbocycles. The second kappa shape index (κ2) is 11.1. The van der Waals surface area contributed by atoms with Gasteiger partial charge in [0, 0.05) is 43.5 Å². The van der Waals surface area contributed by atoms with Crippen molar-refractivity contribution in [2.45, 2.75) is 25.3 Å². The molecule has 1 aliphatic rings. The minimum atomic E-state index is -0.716. The third kappa shape index (κ3) is 6.45. The zero-order valence-electron chi connectivity index (χ0n) is 17.4. The van der Waals surface area contributed by atoms with E-state index in [0.29, 0.717) is 18.8 Å². The Morgan fingerprint density at radius 1 is 1.03 bits per heavy atom. The van der Waals surface area contributed by atoms with E-state index in [-0.39, 0.29) is 48.4 Å². The molecule has 30 heavy (non-hydrogen) atoms. The first-order chi connectivity index (χ1) is 14.3. The summed E-state index contributed by atoms with van der Waals surface area (Å²) in [5, 5.41) is 10.7. The highest BCUT2D eigenvalue weighted by molar-refractivity contribution is 6.01. The molecule has 10 heteroatoms. The summed E-state index contributed by atoms with van der Waals surface area (Å²) in [5.74, 6) is -1.19. The summed E-state index contributed by atoms with van der Waals surface area (Å²) in [5.41, 5.74) is 6.62. The van der Waals surface area contributed by atoms with E-state index in [2.05, 4.69) is 21.3 Å². The third-order valence-electron chi connectivity index (χ3n) is 4.81. The van der Waals surface area contributed by atoms with E-state index in [1.165, 1.54) is 25.2 Å². The predicted octanol–water partition coefficient (Wildman–Crippen LogP) is -0.925. The molecule has 0 spiro atoms. The topological polar surface area (TPSA) is 146 Å². The van der Waals surface area contributed by atoms with Crippen molar-refractivity contribution >= 4 is 29.3 Å². The number of rotatable bonds is 9. The number of likely N-dealkylation sites (N-methyl/N-ethyl adjacent to an activating group) is 1. The largest absolute Gasteiger partial charge is 0.399 e. The van der Waals surface area contributed by atoms with Crippen molar-refractivity contribution in [3.8, 4) is 0 Å². The molecule has 1 saturated heterocycles. The van der Waals surface area contributed by atoms with Gasteiger partial charge in [-0.1, -0.05) is 0 Å². The molecule has 4 amide bonds. The summed E-state index contributed by atoms with van der Waals surface area (Å²) >= 11 is 0. The molecule has 0 radical (unpaired) electrons. The highest BCUT2D eigenvalue weighted by Gasteiger charge is 2.27. The molecule has 1 heterocycles. The number of nitrogens with one attached hydrogen (secondary N) is 4. The van der Waals surface area contributed by atoms with Crippen LogP contribution in [0.3, 0.4) is 0 Å². The number of likely N-dealkylation sites (tertiary alicyclic amines) is 1. The van der Waals surface area contributed by atoms with Gasteiger partial charge in [-0.25, -0.2) is 0 Å². The SMILES string of the molecule is CNCC(=O)N[C@@H](CCNC(=O)c1cc(N)cc(C(=O)NC)c1)C(=O)N1CCCC1. The van der Waals surface area contributed by atoms with Crippen molar-refractivity contribution in [1.29, 1.82) is 0 Å². The maximum absolute atomic E-state index is 12.7. The lowest BCUT2D eigenvalue weighted by Gasteiger charge is -2.24. The van der Waals surface area contributed by atoms with Crippen LogP contribution in [0.15, 0.2) is 18.2 Å². The second-order valence-corrected chi connectivity index (χ2v) is 7.15. The van der Waals surface area contributed by atoms with Crippen molar-refractivity contribution in [3.63, 3.8) is 0 Å². The standard InChI is InChI=1S/C20H30N6O4/c1-22-12-17(27)25-16(20(30)26-7-3-4-8-26)5-6-24-19(29)14-9-13(18(28)23-2)10-15(21)11-14/h9-11,16,22H,3-8,12,21H2,1-2H3,(H,23,28)(H,24,29)(H,25,27)/t16-/m0/s1. The van der Waals surface area contributed by atoms with Gasteiger partial charge in [-0.15, -0.1) is 0 Å². The lowest BCUT2D eigenvalue weighted by Crippen LogP contribution is -2.50. The number of nitrogens with zero attached hydrogens (tertiary/aromatic N) is 1. The number of amides is 4. The molecule has 0 bridgehead atoms. The lowest BCUT2D eigenvalue weighted by atomic mass is 10.1. The molecular weight excluding hydrogens is 388 g/mol. The van der Waals surface area contributed by atoms with Gasteiger partial charge in [-0.3, -0.25) is 19.2 Å². The smallest absolute Gasteiger partial charge is 0.251 e. The number of carbonyl (C=O) groups excluding carboxylic acids is 4. The molecule has 1 fully saturated rings. The Balaban J connectivity index is 2.00. The number of hydrogen-bond acceptors (Lipinski definition) is 6. The van der Waals surface area contributed by atoms with Crippen molar-refractivity contribution in [1.82, 2.24) is 26.2 Å². The van der Waals surface area contributed by atoms with Crippen LogP contribution < -0.4 is 27.0 Å². The highest BCUT2D eigenvalue weighted by atomic mass is 16.2. The van der Waals surface area contributed by atoms with Gasteiger partial charge >= 0.3 is 0 Å². The van der Waals surface area contributed by atoms with Crippen LogP contribution in [0.2, 0.25) is 0 Å². The fourth-order valence-corrected chi connectivity index (χ4v) is 3.31. The number of nitrogens with two attached hydrogens (primary N) is 1. The predicted molar refractivity (Wildman–Crippen MR) is 113 cm³/mol. The molecule has 1 aromatic rings. The van der Waals surface area contributed by atoms with Gasteiger partial charge in [-0.2, -0.15) is 0 Å². The number of nitrogen functional groups attached to an aromatic ring is 1. The number of hydrogen-bond donors (Lipinski definition) is 5. The Hall–Kier alpha value is -3.14. The molecule has 6 N–H and O–H groups in total. The van der Waals surface area contributed by atoms with E-state index in [9.17, 15) is 19.2 Å². The van der Waals surface area contributed by atoms with Gasteiger partial charge in [0.25, 0.3) is 11.8 Å². The Morgan fingerprint density at radius 2 is 1.67 bits per heavy atom. The van der Waals surface area contributed by atoms with Gasteiger partial charge in [0.15, 0.2) is 0 Å². The molecule has 164 valence electrons. The second-order valence-electron chi connectivity index (χ2n) is 7.15. The Labute approximate surface area is 175 Å². The maximum atomic E-state index is 12.7. The van der Waals surface area contributed by atoms with Crippen LogP contribution in [0.1, 0.15) is 40.0 Å².